The summed E-state index contributed by atoms with van der Waals surface area (Å²) in [5, 5.41) is 6.59. The molecule has 0 bridgehead atoms. The Morgan fingerprint density at radius 1 is 1.23 bits per heavy atom. The van der Waals surface area contributed by atoms with Crippen LogP contribution in [0, 0.1) is 0 Å². The predicted octanol–water partition coefficient (Wildman–Crippen LogP) is 1.53. The van der Waals surface area contributed by atoms with Gasteiger partial charge in [0, 0.05) is 25.1 Å². The fourth-order valence-corrected chi connectivity index (χ4v) is 3.13. The van der Waals surface area contributed by atoms with E-state index in [1.165, 1.54) is 4.52 Å². The van der Waals surface area contributed by atoms with Gasteiger partial charge in [0.15, 0.2) is 15.5 Å². The highest BCUT2D eigenvalue weighted by molar-refractivity contribution is 7.91. The van der Waals surface area contributed by atoms with Gasteiger partial charge in [0.25, 0.3) is 0 Å². The van der Waals surface area contributed by atoms with Gasteiger partial charge in [-0.15, -0.1) is 5.10 Å². The summed E-state index contributed by atoms with van der Waals surface area (Å²) in [4.78, 5) is 15.9. The Labute approximate surface area is 150 Å². The van der Waals surface area contributed by atoms with Gasteiger partial charge in [-0.3, -0.25) is 10.1 Å². The molecule has 0 spiro atoms. The van der Waals surface area contributed by atoms with Gasteiger partial charge in [0.2, 0.25) is 11.9 Å². The number of aromatic nitrogens is 3. The van der Waals surface area contributed by atoms with E-state index >= 15 is 0 Å². The quantitative estimate of drug-likeness (QED) is 0.702. The molecule has 26 heavy (non-hydrogen) atoms. The molecule has 136 valence electrons. The summed E-state index contributed by atoms with van der Waals surface area (Å²) in [7, 11) is -1.77. The number of methoxy groups -OCH3 is 1. The maximum Gasteiger partial charge on any atom is 0.249 e. The van der Waals surface area contributed by atoms with Crippen LogP contribution >= 0.6 is 0 Å². The second-order valence-electron chi connectivity index (χ2n) is 5.86. The number of pyridine rings is 1. The Bertz CT molecular complexity index is 1060. The monoisotopic (exact) mass is 374 g/mol. The van der Waals surface area contributed by atoms with Gasteiger partial charge in [-0.05, 0) is 23.3 Å². The SMILES string of the molecule is COCc1ccccc1-c1ccc2nc(NC(=O)CS(C)(=O)=O)nn2c1. The largest absolute Gasteiger partial charge is 0.380 e. The van der Waals surface area contributed by atoms with Gasteiger partial charge < -0.3 is 4.74 Å². The van der Waals surface area contributed by atoms with Crippen molar-refractivity contribution in [1.82, 2.24) is 14.6 Å². The number of sulfone groups is 1. The molecule has 0 aliphatic rings. The van der Waals surface area contributed by atoms with E-state index in [-0.39, 0.29) is 5.95 Å². The normalized spacial score (nSPS) is 11.6. The molecule has 2 aromatic heterocycles. The Hall–Kier alpha value is -2.78. The Morgan fingerprint density at radius 3 is 2.73 bits per heavy atom. The Kier molecular flexibility index (Phi) is 5.01. The van der Waals surface area contributed by atoms with Crippen LogP contribution in [0.2, 0.25) is 0 Å². The fraction of sp³-hybridized carbons (Fsp3) is 0.235. The summed E-state index contributed by atoms with van der Waals surface area (Å²) in [5.41, 5.74) is 3.50. The lowest BCUT2D eigenvalue weighted by Gasteiger charge is -2.08. The molecule has 1 N–H and O–H groups in total. The Balaban J connectivity index is 1.90. The lowest BCUT2D eigenvalue weighted by atomic mass is 10.0. The zero-order chi connectivity index (χ0) is 18.7. The van der Waals surface area contributed by atoms with E-state index < -0.39 is 21.5 Å². The number of hydrogen-bond acceptors (Lipinski definition) is 6. The summed E-state index contributed by atoms with van der Waals surface area (Å²) >= 11 is 0. The van der Waals surface area contributed by atoms with Gasteiger partial charge in [-0.2, -0.15) is 4.98 Å². The molecule has 3 aromatic rings. The van der Waals surface area contributed by atoms with Gasteiger partial charge in [0.05, 0.1) is 6.61 Å². The number of anilines is 1. The molecule has 0 radical (unpaired) electrons. The van der Waals surface area contributed by atoms with E-state index in [0.717, 1.165) is 22.9 Å². The predicted molar refractivity (Wildman–Crippen MR) is 97.5 cm³/mol. The second kappa shape index (κ2) is 7.22. The minimum Gasteiger partial charge on any atom is -0.380 e. The van der Waals surface area contributed by atoms with Crippen molar-refractivity contribution in [2.45, 2.75) is 6.61 Å². The van der Waals surface area contributed by atoms with Gasteiger partial charge in [-0.1, -0.05) is 24.3 Å². The molecule has 1 amide bonds. The number of amides is 1. The smallest absolute Gasteiger partial charge is 0.249 e. The first-order valence-electron chi connectivity index (χ1n) is 7.77. The van der Waals surface area contributed by atoms with Crippen LogP contribution in [0.5, 0.6) is 0 Å². The molecule has 8 nitrogen and oxygen atoms in total. The summed E-state index contributed by atoms with van der Waals surface area (Å²) in [6, 6.07) is 11.5. The van der Waals surface area contributed by atoms with E-state index in [1.54, 1.807) is 19.4 Å². The van der Waals surface area contributed by atoms with Crippen molar-refractivity contribution in [3.05, 3.63) is 48.2 Å². The van der Waals surface area contributed by atoms with Crippen LogP contribution in [-0.4, -0.2) is 48.0 Å². The van der Waals surface area contributed by atoms with E-state index in [1.807, 2.05) is 30.3 Å². The zero-order valence-corrected chi connectivity index (χ0v) is 15.2. The van der Waals surface area contributed by atoms with Crippen LogP contribution in [-0.2, 0) is 26.0 Å². The maximum absolute atomic E-state index is 11.7. The van der Waals surface area contributed by atoms with Crippen LogP contribution in [0.15, 0.2) is 42.6 Å². The average Bonchev–Trinajstić information content (AvgIpc) is 2.95. The fourth-order valence-electron chi connectivity index (χ4n) is 2.58. The maximum atomic E-state index is 11.7. The van der Waals surface area contributed by atoms with Crippen molar-refractivity contribution in [1.29, 1.82) is 0 Å². The molecule has 0 fully saturated rings. The third-order valence-electron chi connectivity index (χ3n) is 3.60. The topological polar surface area (TPSA) is 103 Å². The van der Waals surface area contributed by atoms with Crippen LogP contribution in [0.4, 0.5) is 5.95 Å². The highest BCUT2D eigenvalue weighted by Gasteiger charge is 2.14. The highest BCUT2D eigenvalue weighted by atomic mass is 32.2. The lowest BCUT2D eigenvalue weighted by molar-refractivity contribution is -0.113. The van der Waals surface area contributed by atoms with E-state index in [0.29, 0.717) is 12.3 Å². The van der Waals surface area contributed by atoms with Crippen LogP contribution in [0.1, 0.15) is 5.56 Å². The molecule has 3 rings (SSSR count). The number of carbonyl (C=O) groups excluding carboxylic acids is 1. The van der Waals surface area contributed by atoms with Crippen molar-refractivity contribution in [2.24, 2.45) is 0 Å². The van der Waals surface area contributed by atoms with E-state index in [9.17, 15) is 13.2 Å². The Morgan fingerprint density at radius 2 is 2.00 bits per heavy atom. The molecule has 0 aliphatic heterocycles. The number of ether oxygens (including phenoxy) is 1. The van der Waals surface area contributed by atoms with Crippen molar-refractivity contribution in [3.8, 4) is 11.1 Å². The van der Waals surface area contributed by atoms with Crippen molar-refractivity contribution < 1.29 is 17.9 Å². The molecule has 0 saturated heterocycles. The number of nitrogens with one attached hydrogen (secondary N) is 1. The second-order valence-corrected chi connectivity index (χ2v) is 8.00. The molecular formula is C17H18N4O4S. The van der Waals surface area contributed by atoms with E-state index in [4.69, 9.17) is 4.74 Å². The van der Waals surface area contributed by atoms with Gasteiger partial charge in [-0.25, -0.2) is 12.9 Å². The number of benzene rings is 1. The minimum absolute atomic E-state index is 0.0565. The average molecular weight is 374 g/mol. The summed E-state index contributed by atoms with van der Waals surface area (Å²) in [6.07, 6.45) is 2.79. The third kappa shape index (κ3) is 4.24. The van der Waals surface area contributed by atoms with Crippen LogP contribution < -0.4 is 5.32 Å². The number of carbonyl (C=O) groups is 1. The molecular weight excluding hydrogens is 356 g/mol. The molecule has 0 atom stereocenters. The van der Waals surface area contributed by atoms with Crippen LogP contribution in [0.3, 0.4) is 0 Å². The van der Waals surface area contributed by atoms with E-state index in [2.05, 4.69) is 15.4 Å². The molecule has 0 unspecified atom stereocenters. The third-order valence-corrected chi connectivity index (χ3v) is 4.39. The van der Waals surface area contributed by atoms with Crippen LogP contribution in [0.25, 0.3) is 16.8 Å². The highest BCUT2D eigenvalue weighted by Crippen LogP contribution is 2.24. The first-order chi connectivity index (χ1) is 12.4. The zero-order valence-electron chi connectivity index (χ0n) is 14.3. The lowest BCUT2D eigenvalue weighted by Crippen LogP contribution is -2.22. The first-order valence-corrected chi connectivity index (χ1v) is 9.83. The number of rotatable bonds is 6. The molecule has 2 heterocycles. The molecule has 9 heteroatoms. The summed E-state index contributed by atoms with van der Waals surface area (Å²) in [6.45, 7) is 0.484. The molecule has 1 aromatic carbocycles. The van der Waals surface area contributed by atoms with Crippen molar-refractivity contribution >= 4 is 27.3 Å². The minimum atomic E-state index is -3.41. The van der Waals surface area contributed by atoms with Gasteiger partial charge >= 0.3 is 0 Å². The van der Waals surface area contributed by atoms with Crippen molar-refractivity contribution in [2.75, 3.05) is 24.4 Å². The van der Waals surface area contributed by atoms with Crippen molar-refractivity contribution in [3.63, 3.8) is 0 Å². The first kappa shape index (κ1) is 18.0. The summed E-state index contributed by atoms with van der Waals surface area (Å²) < 4.78 is 29.1. The van der Waals surface area contributed by atoms with Gasteiger partial charge in [0.1, 0.15) is 5.75 Å². The molecule has 0 aliphatic carbocycles. The molecule has 0 saturated carbocycles. The number of hydrogen-bond donors (Lipinski definition) is 1. The number of fused-ring (bicyclic) bond motifs is 1. The summed E-state index contributed by atoms with van der Waals surface area (Å²) in [5.74, 6) is -1.23. The standard InChI is InChI=1S/C17H18N4O4S/c1-25-10-13-5-3-4-6-14(13)12-7-8-15-18-17(20-21(15)9-12)19-16(22)11-26(2,23)24/h3-9H,10-11H2,1-2H3,(H,19,20,22). The number of nitrogens with zero attached hydrogens (tertiary/aromatic N) is 3.